The average molecular weight is 267 g/mol. The van der Waals surface area contributed by atoms with Gasteiger partial charge in [-0.1, -0.05) is 30.3 Å². The van der Waals surface area contributed by atoms with Crippen LogP contribution in [0.15, 0.2) is 42.5 Å². The molecule has 0 spiro atoms. The molecule has 2 aromatic carbocycles. The first kappa shape index (κ1) is 14.0. The number of Topliss-reactive ketones (excluding diaryl/α,β-unsaturated/α-hetero) is 1. The fourth-order valence-corrected chi connectivity index (χ4v) is 1.91. The first-order valence-corrected chi connectivity index (χ1v) is 6.47. The molecule has 1 N–H and O–H groups in total. The number of para-hydroxylation sites is 1. The van der Waals surface area contributed by atoms with Gasteiger partial charge in [0.25, 0.3) is 11.7 Å². The molecule has 0 saturated heterocycles. The summed E-state index contributed by atoms with van der Waals surface area (Å²) in [5.74, 6) is -1.13. The highest BCUT2D eigenvalue weighted by atomic mass is 16.2. The predicted molar refractivity (Wildman–Crippen MR) is 80.1 cm³/mol. The summed E-state index contributed by atoms with van der Waals surface area (Å²) in [5, 5.41) is 2.65. The van der Waals surface area contributed by atoms with Gasteiger partial charge in [-0.3, -0.25) is 9.59 Å². The van der Waals surface area contributed by atoms with E-state index in [2.05, 4.69) is 5.32 Å². The van der Waals surface area contributed by atoms with Crippen molar-refractivity contribution in [1.29, 1.82) is 0 Å². The molecular weight excluding hydrogens is 250 g/mol. The molecule has 0 heterocycles. The molecule has 2 aromatic rings. The number of hydrogen-bond acceptors (Lipinski definition) is 2. The zero-order valence-corrected chi connectivity index (χ0v) is 11.9. The van der Waals surface area contributed by atoms with Gasteiger partial charge in [0.15, 0.2) is 0 Å². The lowest BCUT2D eigenvalue weighted by Gasteiger charge is -2.08. The molecule has 0 atom stereocenters. The Morgan fingerprint density at radius 1 is 0.850 bits per heavy atom. The predicted octanol–water partition coefficient (Wildman–Crippen LogP) is 3.43. The van der Waals surface area contributed by atoms with Crippen LogP contribution in [-0.2, 0) is 4.79 Å². The molecule has 3 heteroatoms. The molecular formula is C17H17NO2. The maximum absolute atomic E-state index is 12.1. The van der Waals surface area contributed by atoms with E-state index < -0.39 is 11.7 Å². The minimum Gasteiger partial charge on any atom is -0.319 e. The summed E-state index contributed by atoms with van der Waals surface area (Å²) in [7, 11) is 0. The summed E-state index contributed by atoms with van der Waals surface area (Å²) < 4.78 is 0. The second kappa shape index (κ2) is 5.70. The number of hydrogen-bond donors (Lipinski definition) is 1. The van der Waals surface area contributed by atoms with Crippen LogP contribution < -0.4 is 5.32 Å². The standard InChI is InChI=1S/C17H17NO2/c1-11-8-9-14(10-13(11)3)16(19)17(20)18-15-7-5-4-6-12(15)2/h4-10H,1-3H3,(H,18,20). The molecule has 0 aliphatic heterocycles. The van der Waals surface area contributed by atoms with Gasteiger partial charge >= 0.3 is 0 Å². The van der Waals surface area contributed by atoms with Gasteiger partial charge in [0.05, 0.1) is 0 Å². The quantitative estimate of drug-likeness (QED) is 0.684. The largest absolute Gasteiger partial charge is 0.319 e. The Labute approximate surface area is 118 Å². The number of anilines is 1. The van der Waals surface area contributed by atoms with Gasteiger partial charge in [0.2, 0.25) is 0 Å². The molecule has 1 amide bonds. The summed E-state index contributed by atoms with van der Waals surface area (Å²) in [6.45, 7) is 5.78. The van der Waals surface area contributed by atoms with Crippen molar-refractivity contribution in [3.63, 3.8) is 0 Å². The Morgan fingerprint density at radius 3 is 2.20 bits per heavy atom. The van der Waals surface area contributed by atoms with Crippen molar-refractivity contribution in [1.82, 2.24) is 0 Å². The van der Waals surface area contributed by atoms with Crippen molar-refractivity contribution in [2.75, 3.05) is 5.32 Å². The number of aryl methyl sites for hydroxylation is 3. The number of carbonyl (C=O) groups is 2. The zero-order chi connectivity index (χ0) is 14.7. The summed E-state index contributed by atoms with van der Waals surface area (Å²) in [4.78, 5) is 24.1. The number of nitrogens with one attached hydrogen (secondary N) is 1. The van der Waals surface area contributed by atoms with Crippen molar-refractivity contribution in [2.24, 2.45) is 0 Å². The number of benzene rings is 2. The molecule has 102 valence electrons. The first-order chi connectivity index (χ1) is 9.49. The molecule has 0 unspecified atom stereocenters. The Kier molecular flexibility index (Phi) is 3.99. The Bertz CT molecular complexity index is 674. The van der Waals surface area contributed by atoms with E-state index in [1.165, 1.54) is 0 Å². The first-order valence-electron chi connectivity index (χ1n) is 6.47. The van der Waals surface area contributed by atoms with Gasteiger partial charge in [-0.25, -0.2) is 0 Å². The molecule has 20 heavy (non-hydrogen) atoms. The third-order valence-corrected chi connectivity index (χ3v) is 3.37. The highest BCUT2D eigenvalue weighted by molar-refractivity contribution is 6.46. The van der Waals surface area contributed by atoms with E-state index in [0.717, 1.165) is 16.7 Å². The topological polar surface area (TPSA) is 46.2 Å². The van der Waals surface area contributed by atoms with Crippen LogP contribution in [0.25, 0.3) is 0 Å². The van der Waals surface area contributed by atoms with Crippen LogP contribution in [0.4, 0.5) is 5.69 Å². The average Bonchev–Trinajstić information content (AvgIpc) is 2.43. The lowest BCUT2D eigenvalue weighted by atomic mass is 10.0. The maximum Gasteiger partial charge on any atom is 0.296 e. The smallest absolute Gasteiger partial charge is 0.296 e. The summed E-state index contributed by atoms with van der Waals surface area (Å²) in [5.41, 5.74) is 4.10. The second-order valence-electron chi connectivity index (χ2n) is 4.90. The van der Waals surface area contributed by atoms with Crippen LogP contribution in [0, 0.1) is 20.8 Å². The monoisotopic (exact) mass is 267 g/mol. The van der Waals surface area contributed by atoms with E-state index in [1.807, 2.05) is 45.0 Å². The molecule has 0 bridgehead atoms. The highest BCUT2D eigenvalue weighted by Crippen LogP contribution is 2.15. The van der Waals surface area contributed by atoms with Crippen LogP contribution in [-0.4, -0.2) is 11.7 Å². The Balaban J connectivity index is 2.19. The van der Waals surface area contributed by atoms with E-state index in [-0.39, 0.29) is 0 Å². The lowest BCUT2D eigenvalue weighted by Crippen LogP contribution is -2.23. The van der Waals surface area contributed by atoms with Crippen LogP contribution in [0.1, 0.15) is 27.0 Å². The van der Waals surface area contributed by atoms with Crippen LogP contribution in [0.3, 0.4) is 0 Å². The van der Waals surface area contributed by atoms with Crippen molar-refractivity contribution in [3.8, 4) is 0 Å². The minimum atomic E-state index is -0.609. The van der Waals surface area contributed by atoms with Gasteiger partial charge in [-0.15, -0.1) is 0 Å². The third kappa shape index (κ3) is 2.94. The summed E-state index contributed by atoms with van der Waals surface area (Å²) >= 11 is 0. The van der Waals surface area contributed by atoms with E-state index in [4.69, 9.17) is 0 Å². The fraction of sp³-hybridized carbons (Fsp3) is 0.176. The highest BCUT2D eigenvalue weighted by Gasteiger charge is 2.17. The van der Waals surface area contributed by atoms with Gasteiger partial charge in [-0.05, 0) is 49.6 Å². The maximum atomic E-state index is 12.1. The van der Waals surface area contributed by atoms with Crippen molar-refractivity contribution in [3.05, 3.63) is 64.7 Å². The molecule has 0 saturated carbocycles. The van der Waals surface area contributed by atoms with E-state index >= 15 is 0 Å². The van der Waals surface area contributed by atoms with Gasteiger partial charge in [0, 0.05) is 11.3 Å². The van der Waals surface area contributed by atoms with Gasteiger partial charge in [0.1, 0.15) is 0 Å². The van der Waals surface area contributed by atoms with Crippen molar-refractivity contribution >= 4 is 17.4 Å². The molecule has 0 aliphatic carbocycles. The third-order valence-electron chi connectivity index (χ3n) is 3.37. The lowest BCUT2D eigenvalue weighted by molar-refractivity contribution is -0.112. The summed E-state index contributed by atoms with van der Waals surface area (Å²) in [6, 6.07) is 12.6. The number of rotatable bonds is 3. The SMILES string of the molecule is Cc1ccc(C(=O)C(=O)Nc2ccccc2C)cc1C. The fourth-order valence-electron chi connectivity index (χ4n) is 1.91. The molecule has 2 rings (SSSR count). The zero-order valence-electron chi connectivity index (χ0n) is 11.9. The van der Waals surface area contributed by atoms with Crippen LogP contribution in [0.2, 0.25) is 0 Å². The summed E-state index contributed by atoms with van der Waals surface area (Å²) in [6.07, 6.45) is 0. The van der Waals surface area contributed by atoms with Crippen LogP contribution >= 0.6 is 0 Å². The Hall–Kier alpha value is -2.42. The second-order valence-corrected chi connectivity index (χ2v) is 4.90. The molecule has 0 radical (unpaired) electrons. The van der Waals surface area contributed by atoms with Gasteiger partial charge < -0.3 is 5.32 Å². The van der Waals surface area contributed by atoms with Crippen molar-refractivity contribution < 1.29 is 9.59 Å². The number of amides is 1. The van der Waals surface area contributed by atoms with E-state index in [9.17, 15) is 9.59 Å². The molecule has 0 fully saturated rings. The Morgan fingerprint density at radius 2 is 1.55 bits per heavy atom. The minimum absolute atomic E-state index is 0.416. The molecule has 0 aromatic heterocycles. The number of carbonyl (C=O) groups excluding carboxylic acids is 2. The van der Waals surface area contributed by atoms with Crippen molar-refractivity contribution in [2.45, 2.75) is 20.8 Å². The van der Waals surface area contributed by atoms with E-state index in [1.54, 1.807) is 18.2 Å². The van der Waals surface area contributed by atoms with E-state index in [0.29, 0.717) is 11.3 Å². The van der Waals surface area contributed by atoms with Crippen LogP contribution in [0.5, 0.6) is 0 Å². The number of ketones is 1. The molecule has 3 nitrogen and oxygen atoms in total. The molecule has 0 aliphatic rings. The van der Waals surface area contributed by atoms with Gasteiger partial charge in [-0.2, -0.15) is 0 Å². The normalized spacial score (nSPS) is 10.2.